The van der Waals surface area contributed by atoms with E-state index in [9.17, 15) is 67.1 Å². The van der Waals surface area contributed by atoms with Crippen molar-refractivity contribution in [1.82, 2.24) is 76.0 Å². The van der Waals surface area contributed by atoms with Crippen molar-refractivity contribution in [3.63, 3.8) is 0 Å². The third-order valence-electron chi connectivity index (χ3n) is 17.9. The fraction of sp³-hybridized carbons (Fsp3) is 0.789. The summed E-state index contributed by atoms with van der Waals surface area (Å²) in [4.78, 5) is 191. The Labute approximate surface area is 628 Å². The summed E-state index contributed by atoms with van der Waals surface area (Å²) in [5, 5.41) is 16.1. The molecule has 0 radical (unpaired) electrons. The summed E-state index contributed by atoms with van der Waals surface area (Å²) in [5.74, 6) is -3.99. The lowest BCUT2D eigenvalue weighted by molar-refractivity contribution is -0.164. The lowest BCUT2D eigenvalue weighted by Crippen LogP contribution is -2.61. The number of rotatable bonds is 34. The summed E-state index contributed by atoms with van der Waals surface area (Å²) in [6, 6.07) is 0. The van der Waals surface area contributed by atoms with Crippen LogP contribution >= 0.6 is 0 Å². The van der Waals surface area contributed by atoms with Gasteiger partial charge in [0.25, 0.3) is 0 Å². The molecule has 3 unspecified atom stereocenters. The van der Waals surface area contributed by atoms with Gasteiger partial charge in [-0.3, -0.25) is 67.1 Å². The van der Waals surface area contributed by atoms with Gasteiger partial charge in [-0.25, -0.2) is 0 Å². The molecule has 3 rings (SSSR count). The first-order chi connectivity index (χ1) is 48.7. The number of nitrogens with zero attached hydrogens (tertiary/aromatic N) is 9. The number of carbonyl (C=O) groups is 14. The molecule has 0 aromatic rings. The SMILES string of the molecule is C=C(C(C)C)N1CN(C(=O)CCC(CC(C)C)C(=O)NCNC(=O)C(C)C)CN(C(=O)C(C)C)C1.CC(C)CC(CCC(=O)N1CN(C(=O)C(C)C)CN(C(=O)C(C)C)C1)C(=O)N1CN(C(=O)C(C)C)CN(C(=O)C(C)C)C1.CC(C)CC(CCC(=O)NCNC(=O)C(C)C)C(=O)NCNC(=O)C(C)C. The van der Waals surface area contributed by atoms with Gasteiger partial charge in [0, 0.05) is 90.1 Å². The van der Waals surface area contributed by atoms with Crippen LogP contribution in [0.3, 0.4) is 0 Å². The first-order valence-electron chi connectivity index (χ1n) is 38.1. The molecule has 3 atom stereocenters. The van der Waals surface area contributed by atoms with Gasteiger partial charge in [-0.15, -0.1) is 0 Å². The molecular weight excluding hydrogens is 1350 g/mol. The molecule has 0 aliphatic carbocycles. The zero-order chi connectivity index (χ0) is 80.6. The van der Waals surface area contributed by atoms with E-state index in [2.05, 4.69) is 38.5 Å². The molecule has 3 saturated heterocycles. The maximum absolute atomic E-state index is 14.0. The molecule has 3 aliphatic heterocycles. The second kappa shape index (κ2) is 46.9. The van der Waals surface area contributed by atoms with Crippen LogP contribution in [-0.2, 0) is 67.1 Å². The first-order valence-corrected chi connectivity index (χ1v) is 38.1. The van der Waals surface area contributed by atoms with Crippen molar-refractivity contribution < 1.29 is 67.1 Å². The minimum Gasteiger partial charge on any atom is -0.340 e. The predicted octanol–water partition coefficient (Wildman–Crippen LogP) is 6.86. The average Bonchev–Trinajstić information content (AvgIpc) is 0.816. The second-order valence-electron chi connectivity index (χ2n) is 32.3. The lowest BCUT2D eigenvalue weighted by Gasteiger charge is -2.45. The van der Waals surface area contributed by atoms with Gasteiger partial charge >= 0.3 is 0 Å². The Balaban J connectivity index is 0.000000810. The molecule has 105 heavy (non-hydrogen) atoms. The molecule has 0 aromatic carbocycles. The van der Waals surface area contributed by atoms with Crippen LogP contribution in [0, 0.1) is 88.8 Å². The van der Waals surface area contributed by atoms with Crippen LogP contribution in [0.4, 0.5) is 0 Å². The van der Waals surface area contributed by atoms with E-state index in [4.69, 9.17) is 0 Å². The summed E-state index contributed by atoms with van der Waals surface area (Å²) < 4.78 is 0. The molecule has 6 N–H and O–H groups in total. The van der Waals surface area contributed by atoms with E-state index in [0.717, 1.165) is 5.70 Å². The van der Waals surface area contributed by atoms with Crippen LogP contribution in [0.1, 0.15) is 224 Å². The highest BCUT2D eigenvalue weighted by atomic mass is 16.2. The van der Waals surface area contributed by atoms with Crippen molar-refractivity contribution in [1.29, 1.82) is 0 Å². The monoisotopic (exact) mass is 1480 g/mol. The summed E-state index contributed by atoms with van der Waals surface area (Å²) in [6.45, 7) is 50.9. The lowest BCUT2D eigenvalue weighted by atomic mass is 9.91. The Hall–Kier alpha value is -7.88. The van der Waals surface area contributed by atoms with Gasteiger partial charge in [-0.05, 0) is 62.2 Å². The number of amides is 14. The van der Waals surface area contributed by atoms with Crippen molar-refractivity contribution in [3.8, 4) is 0 Å². The molecular formula is C76H137N15O14. The highest BCUT2D eigenvalue weighted by Crippen LogP contribution is 2.27. The van der Waals surface area contributed by atoms with E-state index >= 15 is 0 Å². The Kier molecular flexibility index (Phi) is 42.5. The van der Waals surface area contributed by atoms with E-state index in [1.54, 1.807) is 112 Å². The van der Waals surface area contributed by atoms with E-state index in [1.807, 2.05) is 74.1 Å². The topological polar surface area (TPSA) is 340 Å². The largest absolute Gasteiger partial charge is 0.340 e. The van der Waals surface area contributed by atoms with Crippen LogP contribution in [0.25, 0.3) is 0 Å². The molecule has 29 heteroatoms. The molecule has 14 amide bonds. The van der Waals surface area contributed by atoms with Crippen molar-refractivity contribution in [3.05, 3.63) is 12.3 Å². The second-order valence-corrected chi connectivity index (χ2v) is 32.3. The number of hydrogen-bond donors (Lipinski definition) is 6. The Morgan fingerprint density at radius 2 is 0.486 bits per heavy atom. The molecule has 0 spiro atoms. The zero-order valence-corrected chi connectivity index (χ0v) is 68.5. The fourth-order valence-electron chi connectivity index (χ4n) is 11.7. The van der Waals surface area contributed by atoms with Gasteiger partial charge < -0.3 is 76.0 Å². The highest BCUT2D eigenvalue weighted by molar-refractivity contribution is 5.87. The van der Waals surface area contributed by atoms with Crippen molar-refractivity contribution in [2.75, 3.05) is 80.0 Å². The van der Waals surface area contributed by atoms with Gasteiger partial charge in [-0.2, -0.15) is 0 Å². The smallest absolute Gasteiger partial charge is 0.228 e. The maximum Gasteiger partial charge on any atom is 0.228 e. The zero-order valence-electron chi connectivity index (χ0n) is 68.5. The van der Waals surface area contributed by atoms with Crippen molar-refractivity contribution in [2.45, 2.75) is 224 Å². The summed E-state index contributed by atoms with van der Waals surface area (Å²) in [7, 11) is 0. The molecule has 0 bridgehead atoms. The summed E-state index contributed by atoms with van der Waals surface area (Å²) in [5.41, 5.74) is 0.879. The predicted molar refractivity (Wildman–Crippen MR) is 403 cm³/mol. The average molecular weight is 1490 g/mol. The molecule has 3 aliphatic rings. The standard InChI is InChI=1S/C31H54N6O6.C26H47N5O4.C19H36N4O4/c1-20(2)13-25(31(43)37-18-35(29(41)23(7)8)17-36(19-37)30(42)24(9)10)11-12-26(38)32-14-33(27(39)21(3)4)16-34(15-32)28(40)22(5)6;1-17(2)12-22(25(34)28-13-27-24(33)19(5)6)10-11-23(32)30-14-29(21(9)18(3)4)15-31(16-30)26(35)20(7)8;1-12(2)9-15(19(27)23-11-22-18(26)14(5)6)7-8-16(24)20-10-21-17(25)13(3)4/h20-25H,11-19H2,1-10H3;17-20,22H,9-16H2,1-8H3,(H,27,33)(H,28,34);12-15H,7-11H2,1-6H3,(H,20,24)(H,21,25)(H,22,26)(H,23,27). The van der Waals surface area contributed by atoms with Gasteiger partial charge in [0.05, 0.1) is 80.0 Å². The van der Waals surface area contributed by atoms with E-state index in [1.165, 1.54) is 24.5 Å². The van der Waals surface area contributed by atoms with Gasteiger partial charge in [0.2, 0.25) is 82.7 Å². The van der Waals surface area contributed by atoms with Crippen LogP contribution in [-0.4, -0.2) is 207 Å². The molecule has 3 fully saturated rings. The number of carbonyl (C=O) groups excluding carboxylic acids is 14. The minimum absolute atomic E-state index is 0.00966. The maximum atomic E-state index is 14.0. The summed E-state index contributed by atoms with van der Waals surface area (Å²) in [6.07, 6.45) is 3.38. The third-order valence-corrected chi connectivity index (χ3v) is 17.9. The van der Waals surface area contributed by atoms with Crippen molar-refractivity contribution in [2.24, 2.45) is 88.8 Å². The quantitative estimate of drug-likeness (QED) is 0.0358. The number of hydrogen-bond acceptors (Lipinski definition) is 15. The number of nitrogens with one attached hydrogen (secondary N) is 6. The van der Waals surface area contributed by atoms with Crippen LogP contribution in [0.2, 0.25) is 0 Å². The fourth-order valence-corrected chi connectivity index (χ4v) is 11.7. The summed E-state index contributed by atoms with van der Waals surface area (Å²) >= 11 is 0. The number of allylic oxidation sites excluding steroid dienone is 1. The Morgan fingerprint density at radius 3 is 0.762 bits per heavy atom. The molecule has 600 valence electrons. The first kappa shape index (κ1) is 95.1. The molecule has 0 saturated carbocycles. The van der Waals surface area contributed by atoms with Gasteiger partial charge in [0.1, 0.15) is 0 Å². The van der Waals surface area contributed by atoms with E-state index < -0.39 is 5.92 Å². The van der Waals surface area contributed by atoms with Crippen molar-refractivity contribution >= 4 is 82.7 Å². The third kappa shape index (κ3) is 34.5. The van der Waals surface area contributed by atoms with Crippen LogP contribution in [0.15, 0.2) is 12.3 Å². The Bertz CT molecular complexity index is 2810. The normalized spacial score (nSPS) is 15.1. The van der Waals surface area contributed by atoms with Crippen LogP contribution < -0.4 is 31.9 Å². The van der Waals surface area contributed by atoms with Crippen LogP contribution in [0.5, 0.6) is 0 Å². The minimum atomic E-state index is -0.499. The van der Waals surface area contributed by atoms with E-state index in [-0.39, 0.29) is 252 Å². The van der Waals surface area contributed by atoms with Gasteiger partial charge in [0.15, 0.2) is 0 Å². The highest BCUT2D eigenvalue weighted by Gasteiger charge is 2.39. The molecule has 3 heterocycles. The van der Waals surface area contributed by atoms with E-state index in [0.29, 0.717) is 51.4 Å². The Morgan fingerprint density at radius 1 is 0.257 bits per heavy atom. The van der Waals surface area contributed by atoms with Gasteiger partial charge in [-0.1, -0.05) is 173 Å². The molecule has 0 aromatic heterocycles. The molecule has 29 nitrogen and oxygen atoms in total.